The van der Waals surface area contributed by atoms with Crippen molar-refractivity contribution in [3.8, 4) is 11.1 Å². The Morgan fingerprint density at radius 3 is 2.31 bits per heavy atom. The summed E-state index contributed by atoms with van der Waals surface area (Å²) >= 11 is 0. The number of urea groups is 1. The van der Waals surface area contributed by atoms with Crippen LogP contribution in [0.3, 0.4) is 0 Å². The fraction of sp³-hybridized carbons (Fsp3) is 0.278. The van der Waals surface area contributed by atoms with Crippen LogP contribution in [-0.2, 0) is 34.3 Å². The Hall–Kier alpha value is -5.23. The quantitative estimate of drug-likeness (QED) is 0.162. The molecule has 2 heterocycles. The van der Waals surface area contributed by atoms with Crippen LogP contribution in [0, 0.1) is 6.92 Å². The van der Waals surface area contributed by atoms with Gasteiger partial charge in [-0.2, -0.15) is 0 Å². The van der Waals surface area contributed by atoms with E-state index in [0.717, 1.165) is 46.5 Å². The van der Waals surface area contributed by atoms with Crippen LogP contribution in [-0.4, -0.2) is 48.2 Å². The number of aryl methyl sites for hydroxylation is 2. The number of amides is 3. The third kappa shape index (κ3) is 7.33. The monoisotopic (exact) mass is 668 g/mol. The summed E-state index contributed by atoms with van der Waals surface area (Å²) in [5, 5.41) is 2.71. The molecule has 0 saturated carbocycles. The molecule has 250 valence electrons. The second kappa shape index (κ2) is 14.7. The van der Waals surface area contributed by atoms with Crippen LogP contribution in [0.1, 0.15) is 49.7 Å². The number of aromatic nitrogens is 3. The van der Waals surface area contributed by atoms with Gasteiger partial charge in [-0.25, -0.2) is 32.7 Å². The van der Waals surface area contributed by atoms with Gasteiger partial charge >= 0.3 is 12.1 Å². The number of pyridine rings is 1. The summed E-state index contributed by atoms with van der Waals surface area (Å²) in [6, 6.07) is 22.8. The van der Waals surface area contributed by atoms with Crippen molar-refractivity contribution in [3.63, 3.8) is 0 Å². The van der Waals surface area contributed by atoms with Gasteiger partial charge in [-0.3, -0.25) is 4.90 Å². The predicted molar refractivity (Wildman–Crippen MR) is 186 cm³/mol. The molecule has 0 bridgehead atoms. The van der Waals surface area contributed by atoms with Crippen molar-refractivity contribution in [2.75, 3.05) is 11.9 Å². The van der Waals surface area contributed by atoms with Gasteiger partial charge < -0.3 is 14.6 Å². The first-order valence-corrected chi connectivity index (χ1v) is 17.3. The van der Waals surface area contributed by atoms with Crippen molar-refractivity contribution in [3.05, 3.63) is 108 Å². The van der Waals surface area contributed by atoms with Gasteiger partial charge in [-0.15, -0.1) is 0 Å². The van der Waals surface area contributed by atoms with E-state index in [1.54, 1.807) is 60.6 Å². The minimum Gasteiger partial charge on any atom is -0.444 e. The SMILES string of the molecule is CCCc1nc2c(C)c(N(C(=O)NC)C(C)C)cnc2n1Cc1ccc(-c2ccccc2S(=O)(=O)NC(=O)OCc2ccccc2)cc1. The number of hydrogen-bond acceptors (Lipinski definition) is 7. The molecule has 0 spiro atoms. The zero-order valence-corrected chi connectivity index (χ0v) is 28.5. The minimum absolute atomic E-state index is 0.0390. The second-order valence-corrected chi connectivity index (χ2v) is 13.3. The van der Waals surface area contributed by atoms with Crippen molar-refractivity contribution in [2.45, 2.75) is 64.6 Å². The van der Waals surface area contributed by atoms with E-state index >= 15 is 0 Å². The molecule has 0 aliphatic rings. The van der Waals surface area contributed by atoms with Crippen LogP contribution in [0.2, 0.25) is 0 Å². The molecule has 0 aliphatic heterocycles. The maximum absolute atomic E-state index is 13.3. The number of benzene rings is 3. The summed E-state index contributed by atoms with van der Waals surface area (Å²) in [4.78, 5) is 36.5. The number of carbonyl (C=O) groups is 2. The topological polar surface area (TPSA) is 136 Å². The lowest BCUT2D eigenvalue weighted by Crippen LogP contribution is -2.43. The van der Waals surface area contributed by atoms with Gasteiger partial charge in [-0.05, 0) is 49.9 Å². The lowest BCUT2D eigenvalue weighted by atomic mass is 10.0. The maximum Gasteiger partial charge on any atom is 0.421 e. The molecular weight excluding hydrogens is 628 g/mol. The van der Waals surface area contributed by atoms with E-state index in [4.69, 9.17) is 14.7 Å². The third-order valence-electron chi connectivity index (χ3n) is 7.96. The number of nitrogens with zero attached hydrogens (tertiary/aromatic N) is 4. The number of imidazole rings is 1. The van der Waals surface area contributed by atoms with Gasteiger partial charge in [0.25, 0.3) is 10.0 Å². The minimum atomic E-state index is -4.23. The Morgan fingerprint density at radius 2 is 1.65 bits per heavy atom. The lowest BCUT2D eigenvalue weighted by Gasteiger charge is -2.27. The van der Waals surface area contributed by atoms with E-state index in [0.29, 0.717) is 23.4 Å². The number of nitrogens with one attached hydrogen (secondary N) is 2. The number of anilines is 1. The molecule has 3 aromatic carbocycles. The summed E-state index contributed by atoms with van der Waals surface area (Å²) in [7, 11) is -2.62. The molecule has 0 fully saturated rings. The highest BCUT2D eigenvalue weighted by molar-refractivity contribution is 7.90. The average Bonchev–Trinajstić information content (AvgIpc) is 3.42. The Balaban J connectivity index is 1.40. The molecule has 0 atom stereocenters. The summed E-state index contributed by atoms with van der Waals surface area (Å²) in [6.45, 7) is 8.41. The van der Waals surface area contributed by atoms with Gasteiger partial charge in [0.1, 0.15) is 17.9 Å². The maximum atomic E-state index is 13.3. The smallest absolute Gasteiger partial charge is 0.421 e. The molecule has 2 aromatic heterocycles. The van der Waals surface area contributed by atoms with Crippen molar-refractivity contribution < 1.29 is 22.7 Å². The first-order chi connectivity index (χ1) is 23.0. The number of hydrogen-bond donors (Lipinski definition) is 2. The number of carbonyl (C=O) groups excluding carboxylic acids is 2. The van der Waals surface area contributed by atoms with Crippen LogP contribution < -0.4 is 14.9 Å². The molecule has 3 amide bonds. The number of rotatable bonds is 11. The van der Waals surface area contributed by atoms with E-state index in [2.05, 4.69) is 16.8 Å². The molecule has 5 aromatic rings. The third-order valence-corrected chi connectivity index (χ3v) is 9.33. The molecule has 0 radical (unpaired) electrons. The number of sulfonamides is 1. The van der Waals surface area contributed by atoms with E-state index in [-0.39, 0.29) is 23.6 Å². The first-order valence-electron chi connectivity index (χ1n) is 15.8. The van der Waals surface area contributed by atoms with Gasteiger partial charge in [0.05, 0.1) is 23.3 Å². The lowest BCUT2D eigenvalue weighted by molar-refractivity contribution is 0.146. The van der Waals surface area contributed by atoms with Gasteiger partial charge in [0.15, 0.2) is 5.65 Å². The van der Waals surface area contributed by atoms with E-state index in [1.165, 1.54) is 6.07 Å². The van der Waals surface area contributed by atoms with Crippen LogP contribution in [0.5, 0.6) is 0 Å². The standard InChI is InChI=1S/C36H40N6O5S/c1-6-12-32-39-33-25(4)30(42(24(2)3)35(43)37-5)21-38-34(33)41(32)22-26-17-19-28(20-18-26)29-15-10-11-16-31(29)48(45,46)40-36(44)47-23-27-13-8-7-9-14-27/h7-11,13-21,24H,6,12,22-23H2,1-5H3,(H,37,43)(H,40,44). The molecule has 11 nitrogen and oxygen atoms in total. The highest BCUT2D eigenvalue weighted by Crippen LogP contribution is 2.31. The molecule has 0 saturated heterocycles. The van der Waals surface area contributed by atoms with Crippen molar-refractivity contribution in [1.82, 2.24) is 24.6 Å². The molecule has 5 rings (SSSR count). The second-order valence-electron chi connectivity index (χ2n) is 11.7. The molecule has 48 heavy (non-hydrogen) atoms. The van der Waals surface area contributed by atoms with Crippen LogP contribution in [0.4, 0.5) is 15.3 Å². The summed E-state index contributed by atoms with van der Waals surface area (Å²) in [6.07, 6.45) is 2.32. The number of fused-ring (bicyclic) bond motifs is 1. The highest BCUT2D eigenvalue weighted by atomic mass is 32.2. The summed E-state index contributed by atoms with van der Waals surface area (Å²) in [5.74, 6) is 0.891. The molecular formula is C36H40N6O5S. The zero-order valence-electron chi connectivity index (χ0n) is 27.7. The molecule has 0 aliphatic carbocycles. The van der Waals surface area contributed by atoms with Gasteiger partial charge in [0.2, 0.25) is 0 Å². The molecule has 12 heteroatoms. The molecule has 0 unspecified atom stereocenters. The fourth-order valence-corrected chi connectivity index (χ4v) is 6.73. The van der Waals surface area contributed by atoms with Crippen molar-refractivity contribution >= 4 is 39.0 Å². The summed E-state index contributed by atoms with van der Waals surface area (Å²) < 4.78 is 35.8. The van der Waals surface area contributed by atoms with Crippen LogP contribution >= 0.6 is 0 Å². The van der Waals surface area contributed by atoms with Gasteiger partial charge in [-0.1, -0.05) is 79.7 Å². The highest BCUT2D eigenvalue weighted by Gasteiger charge is 2.25. The predicted octanol–water partition coefficient (Wildman–Crippen LogP) is 6.58. The van der Waals surface area contributed by atoms with Gasteiger partial charge in [0, 0.05) is 30.6 Å². The van der Waals surface area contributed by atoms with Crippen molar-refractivity contribution in [2.24, 2.45) is 0 Å². The largest absolute Gasteiger partial charge is 0.444 e. The first kappa shape index (κ1) is 34.1. The zero-order chi connectivity index (χ0) is 34.4. The van der Waals surface area contributed by atoms with E-state index in [9.17, 15) is 18.0 Å². The Bertz CT molecular complexity index is 2030. The van der Waals surface area contributed by atoms with Crippen LogP contribution in [0.15, 0.2) is 90.0 Å². The van der Waals surface area contributed by atoms with Crippen molar-refractivity contribution in [1.29, 1.82) is 0 Å². The Labute approximate surface area is 281 Å². The van der Waals surface area contributed by atoms with E-state index in [1.807, 2.05) is 55.8 Å². The van der Waals surface area contributed by atoms with E-state index < -0.39 is 16.1 Å². The normalized spacial score (nSPS) is 11.5. The Kier molecular flexibility index (Phi) is 10.4. The number of ether oxygens (including phenoxy) is 1. The Morgan fingerprint density at radius 1 is 0.958 bits per heavy atom. The summed E-state index contributed by atoms with van der Waals surface area (Å²) in [5.41, 5.74) is 5.88. The molecule has 2 N–H and O–H groups in total. The average molecular weight is 669 g/mol. The fourth-order valence-electron chi connectivity index (χ4n) is 5.61. The van der Waals surface area contributed by atoms with Crippen LogP contribution in [0.25, 0.3) is 22.3 Å².